The Balaban J connectivity index is 1.75. The van der Waals surface area contributed by atoms with Gasteiger partial charge in [0.25, 0.3) is 0 Å². The highest BCUT2D eigenvalue weighted by atomic mass is 32.1. The highest BCUT2D eigenvalue weighted by Crippen LogP contribution is 2.25. The number of nitrogens with zero attached hydrogens (tertiary/aromatic N) is 2. The van der Waals surface area contributed by atoms with Gasteiger partial charge in [0.15, 0.2) is 11.0 Å². The molecule has 0 amide bonds. The van der Waals surface area contributed by atoms with Crippen LogP contribution in [0.25, 0.3) is 11.0 Å². The van der Waals surface area contributed by atoms with E-state index < -0.39 is 0 Å². The van der Waals surface area contributed by atoms with Gasteiger partial charge in [0, 0.05) is 11.4 Å². The number of anilines is 2. The smallest absolute Gasteiger partial charge is 0.160 e. The first-order valence-electron chi connectivity index (χ1n) is 5.61. The molecular weight excluding hydrogens is 248 g/mol. The van der Waals surface area contributed by atoms with Gasteiger partial charge < -0.3 is 11.1 Å². The van der Waals surface area contributed by atoms with Crippen LogP contribution < -0.4 is 11.1 Å². The monoisotopic (exact) mass is 260 g/mol. The van der Waals surface area contributed by atoms with Crippen LogP contribution in [0.3, 0.4) is 0 Å². The molecule has 92 valence electrons. The van der Waals surface area contributed by atoms with Crippen molar-refractivity contribution in [3.8, 4) is 0 Å². The third kappa shape index (κ3) is 2.02. The van der Waals surface area contributed by atoms with Gasteiger partial charge in [-0.3, -0.25) is 0 Å². The molecule has 0 spiro atoms. The summed E-state index contributed by atoms with van der Waals surface area (Å²) < 4.78 is 4.72. The molecule has 0 saturated carbocycles. The molecule has 0 saturated heterocycles. The molecule has 2 aromatic heterocycles. The Hall–Kier alpha value is -2.08. The highest BCUT2D eigenvalue weighted by molar-refractivity contribution is 7.09. The predicted octanol–water partition coefficient (Wildman–Crippen LogP) is 2.52. The van der Waals surface area contributed by atoms with Crippen LogP contribution in [0.15, 0.2) is 34.3 Å². The standard InChI is InChI=1S/C12H12N4OS/c13-9-3-4-10(12-11(9)15-17-16-12)14-6-5-8-2-1-7-18-8/h1-4,7,14H,5-6,13H2. The summed E-state index contributed by atoms with van der Waals surface area (Å²) in [7, 11) is 0. The summed E-state index contributed by atoms with van der Waals surface area (Å²) in [6, 6.07) is 7.89. The van der Waals surface area contributed by atoms with E-state index >= 15 is 0 Å². The van der Waals surface area contributed by atoms with Crippen LogP contribution in [0.4, 0.5) is 11.4 Å². The largest absolute Gasteiger partial charge is 0.397 e. The van der Waals surface area contributed by atoms with Crippen molar-refractivity contribution in [1.82, 2.24) is 10.3 Å². The number of nitrogen functional groups attached to an aromatic ring is 1. The number of thiophene rings is 1. The van der Waals surface area contributed by atoms with Gasteiger partial charge in [-0.05, 0) is 40.3 Å². The third-order valence-electron chi connectivity index (χ3n) is 2.71. The fraction of sp³-hybridized carbons (Fsp3) is 0.167. The number of hydrogen-bond donors (Lipinski definition) is 2. The summed E-state index contributed by atoms with van der Waals surface area (Å²) in [5.74, 6) is 0. The third-order valence-corrected chi connectivity index (χ3v) is 3.65. The van der Waals surface area contributed by atoms with Crippen LogP contribution in [-0.4, -0.2) is 16.9 Å². The van der Waals surface area contributed by atoms with Gasteiger partial charge in [0.2, 0.25) is 0 Å². The first-order valence-corrected chi connectivity index (χ1v) is 6.49. The first-order chi connectivity index (χ1) is 8.84. The van der Waals surface area contributed by atoms with E-state index in [1.54, 1.807) is 17.4 Å². The Labute approximate surface area is 108 Å². The van der Waals surface area contributed by atoms with Gasteiger partial charge >= 0.3 is 0 Å². The lowest BCUT2D eigenvalue weighted by Gasteiger charge is -2.05. The summed E-state index contributed by atoms with van der Waals surface area (Å²) in [5.41, 5.74) is 8.55. The van der Waals surface area contributed by atoms with E-state index in [2.05, 4.69) is 33.1 Å². The minimum Gasteiger partial charge on any atom is -0.397 e. The maximum atomic E-state index is 5.79. The second-order valence-corrected chi connectivity index (χ2v) is 4.95. The van der Waals surface area contributed by atoms with E-state index in [0.717, 1.165) is 18.7 Å². The van der Waals surface area contributed by atoms with Crippen LogP contribution in [0.5, 0.6) is 0 Å². The quantitative estimate of drug-likeness (QED) is 0.705. The SMILES string of the molecule is Nc1ccc(NCCc2cccs2)c2nonc12. The molecule has 5 nitrogen and oxygen atoms in total. The molecule has 6 heteroatoms. The molecule has 3 N–H and O–H groups in total. The maximum Gasteiger partial charge on any atom is 0.160 e. The molecule has 1 aromatic carbocycles. The molecular formula is C12H12N4OS. The average molecular weight is 260 g/mol. The highest BCUT2D eigenvalue weighted by Gasteiger charge is 2.09. The van der Waals surface area contributed by atoms with Gasteiger partial charge in [-0.25, -0.2) is 4.63 Å². The fourth-order valence-corrected chi connectivity index (χ4v) is 2.51. The van der Waals surface area contributed by atoms with Crippen molar-refractivity contribution in [2.24, 2.45) is 0 Å². The summed E-state index contributed by atoms with van der Waals surface area (Å²) in [4.78, 5) is 1.35. The Morgan fingerprint density at radius 3 is 2.94 bits per heavy atom. The van der Waals surface area contributed by atoms with E-state index in [-0.39, 0.29) is 0 Å². The van der Waals surface area contributed by atoms with Gasteiger partial charge in [0.1, 0.15) is 0 Å². The van der Waals surface area contributed by atoms with Gasteiger partial charge in [0.05, 0.1) is 11.4 Å². The lowest BCUT2D eigenvalue weighted by Crippen LogP contribution is -2.04. The van der Waals surface area contributed by atoms with Crippen molar-refractivity contribution in [3.63, 3.8) is 0 Å². The van der Waals surface area contributed by atoms with Gasteiger partial charge in [-0.2, -0.15) is 0 Å². The number of hydrogen-bond acceptors (Lipinski definition) is 6. The Kier molecular flexibility index (Phi) is 2.85. The lowest BCUT2D eigenvalue weighted by atomic mass is 10.2. The van der Waals surface area contributed by atoms with Crippen molar-refractivity contribution in [3.05, 3.63) is 34.5 Å². The molecule has 0 aliphatic carbocycles. The molecule has 3 aromatic rings. The summed E-state index contributed by atoms with van der Waals surface area (Å²) in [5, 5.41) is 13.1. The van der Waals surface area contributed by atoms with Crippen LogP contribution in [0.1, 0.15) is 4.88 Å². The summed E-state index contributed by atoms with van der Waals surface area (Å²) in [6.45, 7) is 0.840. The van der Waals surface area contributed by atoms with Crippen LogP contribution in [-0.2, 0) is 6.42 Å². The van der Waals surface area contributed by atoms with Crippen LogP contribution in [0, 0.1) is 0 Å². The maximum absolute atomic E-state index is 5.79. The summed E-state index contributed by atoms with van der Waals surface area (Å²) in [6.07, 6.45) is 0.981. The van der Waals surface area contributed by atoms with Crippen LogP contribution >= 0.6 is 11.3 Å². The zero-order valence-electron chi connectivity index (χ0n) is 9.59. The zero-order chi connectivity index (χ0) is 12.4. The minimum absolute atomic E-state index is 0.579. The van der Waals surface area contributed by atoms with Gasteiger partial charge in [-0.15, -0.1) is 11.3 Å². The van der Waals surface area contributed by atoms with E-state index in [1.807, 2.05) is 6.07 Å². The number of benzene rings is 1. The number of nitrogens with two attached hydrogens (primary N) is 1. The number of aromatic nitrogens is 2. The fourth-order valence-electron chi connectivity index (χ4n) is 1.80. The predicted molar refractivity (Wildman–Crippen MR) is 72.7 cm³/mol. The number of rotatable bonds is 4. The second kappa shape index (κ2) is 4.66. The van der Waals surface area contributed by atoms with Gasteiger partial charge in [-0.1, -0.05) is 6.07 Å². The van der Waals surface area contributed by atoms with Crippen molar-refractivity contribution >= 4 is 33.7 Å². The van der Waals surface area contributed by atoms with E-state index in [0.29, 0.717) is 16.7 Å². The lowest BCUT2D eigenvalue weighted by molar-refractivity contribution is 0.316. The van der Waals surface area contributed by atoms with E-state index in [9.17, 15) is 0 Å². The molecule has 0 unspecified atom stereocenters. The van der Waals surface area contributed by atoms with Crippen molar-refractivity contribution in [2.45, 2.75) is 6.42 Å². The molecule has 18 heavy (non-hydrogen) atoms. The minimum atomic E-state index is 0.579. The van der Waals surface area contributed by atoms with Crippen LogP contribution in [0.2, 0.25) is 0 Å². The van der Waals surface area contributed by atoms with Crippen molar-refractivity contribution in [2.75, 3.05) is 17.6 Å². The molecule has 2 heterocycles. The molecule has 3 rings (SSSR count). The Bertz CT molecular complexity index is 647. The molecule has 0 atom stereocenters. The normalized spacial score (nSPS) is 10.9. The van der Waals surface area contributed by atoms with Crippen molar-refractivity contribution in [1.29, 1.82) is 0 Å². The topological polar surface area (TPSA) is 77.0 Å². The first kappa shape index (κ1) is 11.0. The second-order valence-electron chi connectivity index (χ2n) is 3.92. The van der Waals surface area contributed by atoms with E-state index in [1.165, 1.54) is 4.88 Å². The number of nitrogens with one attached hydrogen (secondary N) is 1. The Morgan fingerprint density at radius 1 is 1.22 bits per heavy atom. The molecule has 0 radical (unpaired) electrons. The molecule has 0 aliphatic rings. The van der Waals surface area contributed by atoms with Crippen molar-refractivity contribution < 1.29 is 4.63 Å². The average Bonchev–Trinajstić information content (AvgIpc) is 3.02. The zero-order valence-corrected chi connectivity index (χ0v) is 10.4. The molecule has 0 aliphatic heterocycles. The Morgan fingerprint density at radius 2 is 2.11 bits per heavy atom. The summed E-state index contributed by atoms with van der Waals surface area (Å²) >= 11 is 1.76. The molecule has 0 fully saturated rings. The number of fused-ring (bicyclic) bond motifs is 1. The molecule has 0 bridgehead atoms. The van der Waals surface area contributed by atoms with E-state index in [4.69, 9.17) is 10.4 Å².